The van der Waals surface area contributed by atoms with E-state index in [0.717, 1.165) is 24.6 Å². The minimum atomic E-state index is -0.622. The van der Waals surface area contributed by atoms with Crippen molar-refractivity contribution in [2.24, 2.45) is 5.41 Å². The molecule has 0 bridgehead atoms. The number of carbonyl (C=O) groups is 2. The summed E-state index contributed by atoms with van der Waals surface area (Å²) >= 11 is 3.38. The van der Waals surface area contributed by atoms with Gasteiger partial charge in [0, 0.05) is 17.2 Å². The van der Waals surface area contributed by atoms with Crippen LogP contribution >= 0.6 is 15.9 Å². The molecule has 1 rings (SSSR count). The molecular formula is C15H26BrNO4. The van der Waals surface area contributed by atoms with E-state index in [1.807, 2.05) is 20.8 Å². The summed E-state index contributed by atoms with van der Waals surface area (Å²) in [6.45, 7) is 6.22. The Hall–Kier alpha value is -0.620. The molecule has 6 heteroatoms. The Morgan fingerprint density at radius 1 is 1.29 bits per heavy atom. The highest BCUT2D eigenvalue weighted by Gasteiger charge is 2.46. The van der Waals surface area contributed by atoms with Gasteiger partial charge in [-0.25, -0.2) is 4.79 Å². The lowest BCUT2D eigenvalue weighted by Crippen LogP contribution is -2.50. The summed E-state index contributed by atoms with van der Waals surface area (Å²) in [5, 5.41) is 0.948. The van der Waals surface area contributed by atoms with Crippen LogP contribution in [0.15, 0.2) is 0 Å². The summed E-state index contributed by atoms with van der Waals surface area (Å²) in [5.41, 5.74) is -0.242. The largest absolute Gasteiger partial charge is 0.467 e. The van der Waals surface area contributed by atoms with Gasteiger partial charge >= 0.3 is 5.97 Å². The normalized spacial score (nSPS) is 22.4. The van der Waals surface area contributed by atoms with Gasteiger partial charge in [-0.05, 0) is 12.8 Å². The van der Waals surface area contributed by atoms with E-state index in [2.05, 4.69) is 15.9 Å². The van der Waals surface area contributed by atoms with Gasteiger partial charge in [0.2, 0.25) is 5.91 Å². The first-order valence-corrected chi connectivity index (χ1v) is 8.51. The lowest BCUT2D eigenvalue weighted by molar-refractivity contribution is -0.155. The molecule has 0 saturated carbocycles. The molecule has 1 saturated heterocycles. The number of rotatable bonds is 6. The predicted octanol–water partition coefficient (Wildman–Crippen LogP) is 2.71. The topological polar surface area (TPSA) is 55.8 Å². The van der Waals surface area contributed by atoms with Crippen LogP contribution in [0.4, 0.5) is 0 Å². The van der Waals surface area contributed by atoms with Gasteiger partial charge < -0.3 is 14.4 Å². The van der Waals surface area contributed by atoms with Crippen molar-refractivity contribution < 1.29 is 19.1 Å². The Morgan fingerprint density at radius 2 is 1.95 bits per heavy atom. The number of nitrogens with zero attached hydrogens (tertiary/aromatic N) is 1. The zero-order valence-corrected chi connectivity index (χ0v) is 14.9. The first-order valence-electron chi connectivity index (χ1n) is 7.39. The smallest absolute Gasteiger partial charge is 0.331 e. The van der Waals surface area contributed by atoms with Crippen molar-refractivity contribution in [1.82, 2.24) is 4.90 Å². The fraction of sp³-hybridized carbons (Fsp3) is 0.867. The molecule has 1 aliphatic rings. The molecule has 1 fully saturated rings. The maximum Gasteiger partial charge on any atom is 0.331 e. The monoisotopic (exact) mass is 363 g/mol. The van der Waals surface area contributed by atoms with E-state index < -0.39 is 12.0 Å². The average Bonchev–Trinajstić information content (AvgIpc) is 2.87. The number of hydrogen-bond acceptors (Lipinski definition) is 4. The highest BCUT2D eigenvalue weighted by molar-refractivity contribution is 9.09. The van der Waals surface area contributed by atoms with Crippen LogP contribution in [0.2, 0.25) is 0 Å². The van der Waals surface area contributed by atoms with Crippen LogP contribution < -0.4 is 0 Å². The Kier molecular flexibility index (Phi) is 7.13. The molecule has 1 aliphatic heterocycles. The number of ether oxygens (including phenoxy) is 2. The highest BCUT2D eigenvalue weighted by atomic mass is 79.9. The van der Waals surface area contributed by atoms with E-state index in [1.165, 1.54) is 7.11 Å². The molecule has 122 valence electrons. The zero-order chi connectivity index (χ0) is 16.0. The van der Waals surface area contributed by atoms with Crippen LogP contribution in [0, 0.1) is 5.41 Å². The third kappa shape index (κ3) is 4.95. The molecule has 0 aliphatic carbocycles. The van der Waals surface area contributed by atoms with Gasteiger partial charge in [0.05, 0.1) is 13.7 Å². The van der Waals surface area contributed by atoms with E-state index in [-0.39, 0.29) is 24.2 Å². The van der Waals surface area contributed by atoms with Gasteiger partial charge in [0.1, 0.15) is 6.23 Å². The SMILES string of the molecule is COC(=O)[C@@H]1CO[C@H](C(C)(C)C)N1C(=O)CCCCCBr. The lowest BCUT2D eigenvalue weighted by Gasteiger charge is -2.35. The van der Waals surface area contributed by atoms with Crippen molar-refractivity contribution in [3.63, 3.8) is 0 Å². The maximum absolute atomic E-state index is 12.5. The molecular weight excluding hydrogens is 338 g/mol. The summed E-state index contributed by atoms with van der Waals surface area (Å²) in [6, 6.07) is -0.622. The van der Waals surface area contributed by atoms with E-state index in [9.17, 15) is 9.59 Å². The van der Waals surface area contributed by atoms with Crippen molar-refractivity contribution in [3.05, 3.63) is 0 Å². The number of amides is 1. The highest BCUT2D eigenvalue weighted by Crippen LogP contribution is 2.32. The first kappa shape index (κ1) is 18.4. The number of hydrogen-bond donors (Lipinski definition) is 0. The Morgan fingerprint density at radius 3 is 2.48 bits per heavy atom. The van der Waals surface area contributed by atoms with Gasteiger partial charge in [0.25, 0.3) is 0 Å². The molecule has 1 amide bonds. The molecule has 2 atom stereocenters. The van der Waals surface area contributed by atoms with Gasteiger partial charge in [-0.15, -0.1) is 0 Å². The number of esters is 1. The van der Waals surface area contributed by atoms with Gasteiger partial charge in [-0.1, -0.05) is 43.1 Å². The van der Waals surface area contributed by atoms with Crippen LogP contribution in [0.5, 0.6) is 0 Å². The summed E-state index contributed by atoms with van der Waals surface area (Å²) in [5.74, 6) is -0.437. The third-order valence-corrected chi connectivity index (χ3v) is 4.09. The second kappa shape index (κ2) is 8.13. The molecule has 0 radical (unpaired) electrons. The van der Waals surface area contributed by atoms with Gasteiger partial charge in [-0.2, -0.15) is 0 Å². The van der Waals surface area contributed by atoms with Gasteiger partial charge in [0.15, 0.2) is 6.04 Å². The zero-order valence-electron chi connectivity index (χ0n) is 13.4. The lowest BCUT2D eigenvalue weighted by atomic mass is 9.93. The number of unbranched alkanes of at least 4 members (excludes halogenated alkanes) is 2. The van der Waals surface area contributed by atoms with Crippen LogP contribution in [-0.4, -0.2) is 48.1 Å². The van der Waals surface area contributed by atoms with Crippen molar-refractivity contribution in [2.75, 3.05) is 19.0 Å². The van der Waals surface area contributed by atoms with E-state index in [0.29, 0.717) is 6.42 Å². The quantitative estimate of drug-likeness (QED) is 0.413. The Labute approximate surface area is 135 Å². The molecule has 0 unspecified atom stereocenters. The molecule has 1 heterocycles. The number of halogens is 1. The van der Waals surface area contributed by atoms with Crippen LogP contribution in [0.25, 0.3) is 0 Å². The van der Waals surface area contributed by atoms with E-state index in [1.54, 1.807) is 4.90 Å². The van der Waals surface area contributed by atoms with Crippen LogP contribution in [0.3, 0.4) is 0 Å². The molecule has 0 aromatic rings. The predicted molar refractivity (Wildman–Crippen MR) is 84.1 cm³/mol. The summed E-state index contributed by atoms with van der Waals surface area (Å²) in [4.78, 5) is 26.0. The minimum Gasteiger partial charge on any atom is -0.467 e. The molecule has 5 nitrogen and oxygen atoms in total. The molecule has 0 aromatic heterocycles. The Balaban J connectivity index is 2.77. The standard InChI is InChI=1S/C15H26BrNO4/c1-15(2,3)14-17(11(10-21-14)13(19)20-4)12(18)8-6-5-7-9-16/h11,14H,5-10H2,1-4H3/t11-,14+/m0/s1. The van der Waals surface area contributed by atoms with Crippen molar-refractivity contribution in [1.29, 1.82) is 0 Å². The number of methoxy groups -OCH3 is 1. The van der Waals surface area contributed by atoms with Crippen molar-refractivity contribution in [3.8, 4) is 0 Å². The minimum absolute atomic E-state index is 0.0302. The third-order valence-electron chi connectivity index (χ3n) is 3.53. The average molecular weight is 364 g/mol. The second-order valence-corrected chi connectivity index (χ2v) is 7.18. The molecule has 0 aromatic carbocycles. The fourth-order valence-corrected chi connectivity index (χ4v) is 2.87. The van der Waals surface area contributed by atoms with Crippen LogP contribution in [-0.2, 0) is 19.1 Å². The summed E-state index contributed by atoms with van der Waals surface area (Å²) in [6.07, 6.45) is 2.93. The molecule has 21 heavy (non-hydrogen) atoms. The molecule has 0 N–H and O–H groups in total. The number of alkyl halides is 1. The van der Waals surface area contributed by atoms with Crippen LogP contribution in [0.1, 0.15) is 46.5 Å². The Bertz CT molecular complexity index is 367. The second-order valence-electron chi connectivity index (χ2n) is 6.39. The van der Waals surface area contributed by atoms with Gasteiger partial charge in [-0.3, -0.25) is 4.79 Å². The maximum atomic E-state index is 12.5. The summed E-state index contributed by atoms with van der Waals surface area (Å²) in [7, 11) is 1.34. The first-order chi connectivity index (χ1) is 9.82. The summed E-state index contributed by atoms with van der Waals surface area (Å²) < 4.78 is 10.5. The van der Waals surface area contributed by atoms with E-state index in [4.69, 9.17) is 9.47 Å². The molecule has 0 spiro atoms. The number of carbonyl (C=O) groups excluding carboxylic acids is 2. The fourth-order valence-electron chi connectivity index (χ4n) is 2.47. The van der Waals surface area contributed by atoms with Crippen molar-refractivity contribution >= 4 is 27.8 Å². The van der Waals surface area contributed by atoms with Crippen molar-refractivity contribution in [2.45, 2.75) is 58.7 Å². The van der Waals surface area contributed by atoms with E-state index >= 15 is 0 Å².